The summed E-state index contributed by atoms with van der Waals surface area (Å²) in [7, 11) is 0.866. The fourth-order valence-corrected chi connectivity index (χ4v) is 1.85. The van der Waals surface area contributed by atoms with Crippen LogP contribution in [-0.4, -0.2) is 40.9 Å². The number of aliphatic hydroxyl groups is 1. The van der Waals surface area contributed by atoms with E-state index in [9.17, 15) is 27.5 Å². The Labute approximate surface area is 116 Å². The van der Waals surface area contributed by atoms with Crippen LogP contribution in [0.4, 0.5) is 22.4 Å². The summed E-state index contributed by atoms with van der Waals surface area (Å²) in [5, 5.41) is 13.1. The molecule has 0 spiro atoms. The Morgan fingerprint density at radius 1 is 1.38 bits per heavy atom. The van der Waals surface area contributed by atoms with Gasteiger partial charge in [-0.3, -0.25) is 0 Å². The lowest BCUT2D eigenvalue weighted by Crippen LogP contribution is -2.56. The molecule has 0 saturated carbocycles. The monoisotopic (exact) mass is 306 g/mol. The van der Waals surface area contributed by atoms with Gasteiger partial charge in [-0.25, -0.2) is 9.18 Å². The van der Waals surface area contributed by atoms with Gasteiger partial charge in [-0.05, 0) is 17.7 Å². The molecule has 1 atom stereocenters. The first kappa shape index (κ1) is 15.2. The summed E-state index contributed by atoms with van der Waals surface area (Å²) in [6, 6.07) is 4.47. The number of carbonyl (C=O) groups excluding carboxylic acids is 1. The highest BCUT2D eigenvalue weighted by atomic mass is 19.4. The van der Waals surface area contributed by atoms with E-state index in [2.05, 4.69) is 9.84 Å². The lowest BCUT2D eigenvalue weighted by molar-refractivity contribution is -0.299. The molecular formula is C12H10F4N2O3. The molecule has 21 heavy (non-hydrogen) atoms. The molecule has 0 aliphatic carbocycles. The van der Waals surface area contributed by atoms with Crippen LogP contribution in [0.1, 0.15) is 12.0 Å². The van der Waals surface area contributed by atoms with Crippen LogP contribution in [0.2, 0.25) is 0 Å². The lowest BCUT2D eigenvalue weighted by atomic mass is 10.0. The van der Waals surface area contributed by atoms with E-state index in [-0.39, 0.29) is 16.3 Å². The third-order valence-corrected chi connectivity index (χ3v) is 2.96. The molecule has 1 aromatic rings. The van der Waals surface area contributed by atoms with Crippen LogP contribution in [0.15, 0.2) is 29.4 Å². The summed E-state index contributed by atoms with van der Waals surface area (Å²) in [6.07, 6.45) is -7.56. The summed E-state index contributed by atoms with van der Waals surface area (Å²) in [5.74, 6) is -0.576. The number of amides is 1. The van der Waals surface area contributed by atoms with Crippen molar-refractivity contribution >= 4 is 11.8 Å². The average molecular weight is 306 g/mol. The third kappa shape index (κ3) is 2.56. The van der Waals surface area contributed by atoms with Gasteiger partial charge in [0.15, 0.2) is 0 Å². The smallest absolute Gasteiger partial charge is 0.439 e. The maximum Gasteiger partial charge on any atom is 0.439 e. The van der Waals surface area contributed by atoms with Gasteiger partial charge in [-0.2, -0.15) is 23.3 Å². The molecule has 1 unspecified atom stereocenters. The molecule has 1 aliphatic heterocycles. The minimum Gasteiger partial charge on any atom is -0.451 e. The van der Waals surface area contributed by atoms with E-state index < -0.39 is 30.2 Å². The maximum absolute atomic E-state index is 13.0. The first-order valence-corrected chi connectivity index (χ1v) is 5.70. The van der Waals surface area contributed by atoms with E-state index in [1.807, 2.05) is 0 Å². The fourth-order valence-electron chi connectivity index (χ4n) is 1.85. The molecule has 5 nitrogen and oxygen atoms in total. The molecule has 1 heterocycles. The largest absolute Gasteiger partial charge is 0.451 e. The van der Waals surface area contributed by atoms with E-state index in [0.29, 0.717) is 0 Å². The first-order valence-electron chi connectivity index (χ1n) is 5.70. The Morgan fingerprint density at radius 2 is 1.95 bits per heavy atom. The van der Waals surface area contributed by atoms with Crippen molar-refractivity contribution in [3.05, 3.63) is 35.6 Å². The van der Waals surface area contributed by atoms with Crippen molar-refractivity contribution in [2.45, 2.75) is 18.3 Å². The Hall–Kier alpha value is -2.16. The minimum atomic E-state index is -5.13. The molecule has 1 aromatic carbocycles. The molecule has 0 fully saturated rings. The molecule has 2 rings (SSSR count). The van der Waals surface area contributed by atoms with E-state index in [1.54, 1.807) is 0 Å². The highest BCUT2D eigenvalue weighted by Crippen LogP contribution is 2.41. The first-order chi connectivity index (χ1) is 9.69. The van der Waals surface area contributed by atoms with Crippen molar-refractivity contribution < 1.29 is 32.2 Å². The number of halogens is 4. The van der Waals surface area contributed by atoms with Crippen LogP contribution in [-0.2, 0) is 4.74 Å². The second kappa shape index (κ2) is 4.99. The van der Waals surface area contributed by atoms with Crippen molar-refractivity contribution in [1.82, 2.24) is 5.01 Å². The molecule has 1 aliphatic rings. The predicted octanol–water partition coefficient (Wildman–Crippen LogP) is 2.25. The van der Waals surface area contributed by atoms with Crippen LogP contribution in [0.25, 0.3) is 0 Å². The lowest BCUT2D eigenvalue weighted by Gasteiger charge is -2.31. The second-order valence-corrected chi connectivity index (χ2v) is 4.33. The summed E-state index contributed by atoms with van der Waals surface area (Å²) >= 11 is 0. The molecule has 0 saturated heterocycles. The molecule has 0 bridgehead atoms. The molecule has 1 amide bonds. The van der Waals surface area contributed by atoms with E-state index in [0.717, 1.165) is 19.2 Å². The highest BCUT2D eigenvalue weighted by Gasteiger charge is 2.63. The molecule has 1 N–H and O–H groups in total. The number of carbonyl (C=O) groups is 1. The molecule has 0 aromatic heterocycles. The summed E-state index contributed by atoms with van der Waals surface area (Å²) in [6.45, 7) is 0. The van der Waals surface area contributed by atoms with Gasteiger partial charge in [0.2, 0.25) is 0 Å². The van der Waals surface area contributed by atoms with Gasteiger partial charge in [-0.1, -0.05) is 12.1 Å². The molecule has 114 valence electrons. The predicted molar refractivity (Wildman–Crippen MR) is 62.8 cm³/mol. The SMILES string of the molecule is COC(=O)N1N=C(c2ccc(F)cc2)CC1(O)C(F)(F)F. The minimum absolute atomic E-state index is 0.158. The van der Waals surface area contributed by atoms with E-state index in [1.165, 1.54) is 12.1 Å². The Balaban J connectivity index is 2.43. The number of alkyl halides is 3. The Bertz CT molecular complexity index is 585. The number of ether oxygens (including phenoxy) is 1. The van der Waals surface area contributed by atoms with E-state index >= 15 is 0 Å². The second-order valence-electron chi connectivity index (χ2n) is 4.33. The molecule has 9 heteroatoms. The van der Waals surface area contributed by atoms with Crippen LogP contribution in [0, 0.1) is 5.82 Å². The van der Waals surface area contributed by atoms with Gasteiger partial charge in [-0.15, -0.1) is 0 Å². The average Bonchev–Trinajstić information content (AvgIpc) is 2.78. The Morgan fingerprint density at radius 3 is 2.43 bits per heavy atom. The number of hydrogen-bond acceptors (Lipinski definition) is 4. The van der Waals surface area contributed by atoms with Crippen LogP contribution in [0.5, 0.6) is 0 Å². The number of methoxy groups -OCH3 is 1. The van der Waals surface area contributed by atoms with Crippen molar-refractivity contribution in [2.24, 2.45) is 5.10 Å². The van der Waals surface area contributed by atoms with Gasteiger partial charge < -0.3 is 9.84 Å². The highest BCUT2D eigenvalue weighted by molar-refractivity contribution is 6.03. The maximum atomic E-state index is 13.0. The number of hydrogen-bond donors (Lipinski definition) is 1. The van der Waals surface area contributed by atoms with Gasteiger partial charge in [0.05, 0.1) is 19.2 Å². The van der Waals surface area contributed by atoms with Crippen LogP contribution >= 0.6 is 0 Å². The topological polar surface area (TPSA) is 62.1 Å². The Kier molecular flexibility index (Phi) is 3.62. The van der Waals surface area contributed by atoms with Gasteiger partial charge in [0, 0.05) is 0 Å². The van der Waals surface area contributed by atoms with Crippen LogP contribution in [0.3, 0.4) is 0 Å². The zero-order chi connectivity index (χ0) is 15.8. The number of hydrazone groups is 1. The zero-order valence-electron chi connectivity index (χ0n) is 10.7. The van der Waals surface area contributed by atoms with Crippen molar-refractivity contribution in [3.63, 3.8) is 0 Å². The van der Waals surface area contributed by atoms with Gasteiger partial charge in [0.1, 0.15) is 5.82 Å². The zero-order valence-corrected chi connectivity index (χ0v) is 10.7. The summed E-state index contributed by atoms with van der Waals surface area (Å²) in [5.41, 5.74) is -3.55. The van der Waals surface area contributed by atoms with Crippen LogP contribution < -0.4 is 0 Å². The standard InChI is InChI=1S/C12H10F4N2O3/c1-21-10(19)18-11(20,12(14,15)16)6-9(17-18)7-2-4-8(13)5-3-7/h2-5,20H,6H2,1H3. The van der Waals surface area contributed by atoms with Crippen molar-refractivity contribution in [2.75, 3.05) is 7.11 Å². The van der Waals surface area contributed by atoms with E-state index in [4.69, 9.17) is 0 Å². The summed E-state index contributed by atoms with van der Waals surface area (Å²) in [4.78, 5) is 11.4. The third-order valence-electron chi connectivity index (χ3n) is 2.96. The fraction of sp³-hybridized carbons (Fsp3) is 0.333. The normalized spacial score (nSPS) is 22.2. The van der Waals surface area contributed by atoms with Crippen molar-refractivity contribution in [3.8, 4) is 0 Å². The van der Waals surface area contributed by atoms with Gasteiger partial charge >= 0.3 is 12.3 Å². The number of rotatable bonds is 1. The number of nitrogens with zero attached hydrogens (tertiary/aromatic N) is 2. The van der Waals surface area contributed by atoms with Crippen molar-refractivity contribution in [1.29, 1.82) is 0 Å². The molecule has 0 radical (unpaired) electrons. The summed E-state index contributed by atoms with van der Waals surface area (Å²) < 4.78 is 56.0. The van der Waals surface area contributed by atoms with Gasteiger partial charge in [0.25, 0.3) is 5.72 Å². The number of benzene rings is 1. The quantitative estimate of drug-likeness (QED) is 0.810. The molecular weight excluding hydrogens is 296 g/mol.